The first-order valence-corrected chi connectivity index (χ1v) is 11.9. The van der Waals surface area contributed by atoms with E-state index < -0.39 is 0 Å². The number of para-hydroxylation sites is 1. The Morgan fingerprint density at radius 2 is 1.71 bits per heavy atom. The fourth-order valence-electron chi connectivity index (χ4n) is 4.72. The normalized spacial score (nSPS) is 11.9. The van der Waals surface area contributed by atoms with Crippen molar-refractivity contribution in [3.05, 3.63) is 103 Å². The molecule has 0 bridgehead atoms. The van der Waals surface area contributed by atoms with Gasteiger partial charge in [0.1, 0.15) is 18.2 Å². The summed E-state index contributed by atoms with van der Waals surface area (Å²) in [6.45, 7) is 11.6. The summed E-state index contributed by atoms with van der Waals surface area (Å²) in [5, 5.41) is 2.32. The fourth-order valence-corrected chi connectivity index (χ4v) is 4.72. The molecule has 3 nitrogen and oxygen atoms in total. The topological polar surface area (TPSA) is 20.9 Å². The van der Waals surface area contributed by atoms with Gasteiger partial charge in [-0.15, -0.1) is 0 Å². The molecule has 0 aliphatic heterocycles. The van der Waals surface area contributed by atoms with Gasteiger partial charge in [0.25, 0.3) is 0 Å². The summed E-state index contributed by atoms with van der Waals surface area (Å²) in [6, 6.07) is 23.6. The molecule has 0 amide bonds. The first kappa shape index (κ1) is 22.1. The molecule has 3 heteroatoms. The molecule has 0 aliphatic carbocycles. The smallest absolute Gasteiger partial charge is 0.216 e. The van der Waals surface area contributed by atoms with Gasteiger partial charge in [-0.3, -0.25) is 0 Å². The highest BCUT2D eigenvalue weighted by Crippen LogP contribution is 2.38. The van der Waals surface area contributed by atoms with Gasteiger partial charge in [-0.05, 0) is 28.7 Å². The van der Waals surface area contributed by atoms with E-state index in [1.165, 1.54) is 22.4 Å². The highest BCUT2D eigenvalue weighted by molar-refractivity contribution is 6.09. The van der Waals surface area contributed by atoms with Crippen LogP contribution in [-0.4, -0.2) is 0 Å². The third-order valence-corrected chi connectivity index (χ3v) is 6.71. The number of fused-ring (bicyclic) bond motifs is 3. The van der Waals surface area contributed by atoms with E-state index in [0.29, 0.717) is 0 Å². The van der Waals surface area contributed by atoms with Crippen LogP contribution in [0.5, 0.6) is 0 Å². The van der Waals surface area contributed by atoms with Gasteiger partial charge in [0.15, 0.2) is 18.9 Å². The molecule has 0 unspecified atom stereocenters. The molecule has 0 atom stereocenters. The molecule has 5 aromatic rings. The highest BCUT2D eigenvalue weighted by Gasteiger charge is 2.25. The predicted octanol–water partition coefficient (Wildman–Crippen LogP) is 6.55. The number of aryl methyl sites for hydroxylation is 3. The number of hydrogen-bond donors (Lipinski definition) is 0. The van der Waals surface area contributed by atoms with Crippen molar-refractivity contribution >= 4 is 28.0 Å². The van der Waals surface area contributed by atoms with Crippen molar-refractivity contribution in [2.75, 3.05) is 0 Å². The molecule has 0 saturated heterocycles. The van der Waals surface area contributed by atoms with Gasteiger partial charge >= 0.3 is 0 Å². The average Bonchev–Trinajstić information content (AvgIpc) is 3.21. The lowest BCUT2D eigenvalue weighted by atomic mass is 9.86. The summed E-state index contributed by atoms with van der Waals surface area (Å²) in [6.07, 6.45) is 7.09. The third kappa shape index (κ3) is 3.92. The number of aromatic nitrogens is 2. The van der Waals surface area contributed by atoms with Crippen LogP contribution in [0.15, 0.2) is 90.1 Å². The maximum atomic E-state index is 6.52. The monoisotopic (exact) mass is 448 g/mol. The van der Waals surface area contributed by atoms with E-state index in [1.54, 1.807) is 0 Å². The Morgan fingerprint density at radius 1 is 0.912 bits per heavy atom. The molecule has 3 heterocycles. The molecule has 0 N–H and O–H groups in total. The van der Waals surface area contributed by atoms with Crippen LogP contribution in [0.4, 0.5) is 0 Å². The zero-order valence-electron chi connectivity index (χ0n) is 20.5. The van der Waals surface area contributed by atoms with Crippen molar-refractivity contribution in [1.29, 1.82) is 0 Å². The van der Waals surface area contributed by atoms with E-state index in [4.69, 9.17) is 4.42 Å². The molecular weight excluding hydrogens is 416 g/mol. The average molecular weight is 449 g/mol. The summed E-state index contributed by atoms with van der Waals surface area (Å²) in [4.78, 5) is 0. The molecule has 34 heavy (non-hydrogen) atoms. The third-order valence-electron chi connectivity index (χ3n) is 6.71. The molecule has 0 aliphatic rings. The minimum atomic E-state index is 0.0592. The van der Waals surface area contributed by atoms with Crippen LogP contribution in [0.3, 0.4) is 0 Å². The zero-order valence-corrected chi connectivity index (χ0v) is 20.5. The molecule has 0 saturated carbocycles. The van der Waals surface area contributed by atoms with E-state index in [9.17, 15) is 0 Å². The lowest BCUT2D eigenvalue weighted by molar-refractivity contribution is -0.698. The standard InChI is InChI=1S/C31H32N2O/c1-6-24-11-9-10-18-33(24)20-16-22-14-15-26-25-12-7-8-13-28(25)34-30(26)29(22)27-21-23(31(2,3)4)17-19-32(27)5/h6-15,17-19,21H,1,16,20H2,2-5H3/q+2. The molecule has 3 aromatic heterocycles. The van der Waals surface area contributed by atoms with Gasteiger partial charge in [0.2, 0.25) is 11.4 Å². The number of furan rings is 1. The van der Waals surface area contributed by atoms with E-state index in [-0.39, 0.29) is 5.41 Å². The van der Waals surface area contributed by atoms with Crippen molar-refractivity contribution < 1.29 is 13.6 Å². The van der Waals surface area contributed by atoms with Gasteiger partial charge in [-0.2, -0.15) is 4.57 Å². The lowest BCUT2D eigenvalue weighted by Gasteiger charge is -2.19. The summed E-state index contributed by atoms with van der Waals surface area (Å²) < 4.78 is 11.0. The Labute approximate surface area is 201 Å². The molecule has 0 fully saturated rings. The van der Waals surface area contributed by atoms with E-state index >= 15 is 0 Å². The maximum absolute atomic E-state index is 6.52. The van der Waals surface area contributed by atoms with Crippen molar-refractivity contribution in [3.63, 3.8) is 0 Å². The predicted molar refractivity (Wildman–Crippen MR) is 139 cm³/mol. The van der Waals surface area contributed by atoms with E-state index in [0.717, 1.165) is 40.6 Å². The van der Waals surface area contributed by atoms with Gasteiger partial charge in [-0.25, -0.2) is 4.57 Å². The van der Waals surface area contributed by atoms with Crippen LogP contribution in [0, 0.1) is 0 Å². The number of rotatable bonds is 5. The van der Waals surface area contributed by atoms with Gasteiger partial charge in [-0.1, -0.05) is 57.7 Å². The number of pyridine rings is 2. The molecule has 170 valence electrons. The van der Waals surface area contributed by atoms with Crippen LogP contribution in [-0.2, 0) is 25.4 Å². The minimum Gasteiger partial charge on any atom is -0.455 e. The summed E-state index contributed by atoms with van der Waals surface area (Å²) in [5.41, 5.74) is 8.01. The summed E-state index contributed by atoms with van der Waals surface area (Å²) in [7, 11) is 2.12. The first-order valence-electron chi connectivity index (χ1n) is 11.9. The summed E-state index contributed by atoms with van der Waals surface area (Å²) in [5.74, 6) is 0. The second-order valence-corrected chi connectivity index (χ2v) is 10.0. The highest BCUT2D eigenvalue weighted by atomic mass is 16.3. The van der Waals surface area contributed by atoms with Gasteiger partial charge in [0.05, 0.1) is 5.56 Å². The molecule has 2 aromatic carbocycles. The Morgan fingerprint density at radius 3 is 2.50 bits per heavy atom. The quantitative estimate of drug-likeness (QED) is 0.279. The Bertz CT molecular complexity index is 1520. The van der Waals surface area contributed by atoms with Crippen LogP contribution in [0.1, 0.15) is 37.6 Å². The van der Waals surface area contributed by atoms with Crippen LogP contribution in [0.2, 0.25) is 0 Å². The largest absolute Gasteiger partial charge is 0.455 e. The van der Waals surface area contributed by atoms with Crippen LogP contribution < -0.4 is 9.13 Å². The second-order valence-electron chi connectivity index (χ2n) is 10.0. The van der Waals surface area contributed by atoms with Crippen LogP contribution >= 0.6 is 0 Å². The molecule has 5 rings (SSSR count). The Hall–Kier alpha value is -3.72. The minimum absolute atomic E-state index is 0.0592. The fraction of sp³-hybridized carbons (Fsp3) is 0.226. The molecule has 0 radical (unpaired) electrons. The van der Waals surface area contributed by atoms with Gasteiger partial charge in [0, 0.05) is 47.5 Å². The summed E-state index contributed by atoms with van der Waals surface area (Å²) >= 11 is 0. The van der Waals surface area contributed by atoms with Crippen molar-refractivity contribution in [2.45, 2.75) is 39.2 Å². The Kier molecular flexibility index (Phi) is 5.57. The van der Waals surface area contributed by atoms with Crippen molar-refractivity contribution in [2.24, 2.45) is 7.05 Å². The number of benzene rings is 2. The number of nitrogens with zero attached hydrogens (tertiary/aromatic N) is 2. The first-order chi connectivity index (χ1) is 16.4. The lowest BCUT2D eigenvalue weighted by Crippen LogP contribution is -2.37. The van der Waals surface area contributed by atoms with E-state index in [2.05, 4.69) is 117 Å². The molecule has 0 spiro atoms. The van der Waals surface area contributed by atoms with Crippen molar-refractivity contribution in [1.82, 2.24) is 0 Å². The maximum Gasteiger partial charge on any atom is 0.216 e. The van der Waals surface area contributed by atoms with Crippen LogP contribution in [0.25, 0.3) is 39.3 Å². The second kappa shape index (κ2) is 8.57. The zero-order chi connectivity index (χ0) is 23.9. The van der Waals surface area contributed by atoms with E-state index in [1.807, 2.05) is 12.1 Å². The Balaban J connectivity index is 1.73. The number of hydrogen-bond acceptors (Lipinski definition) is 1. The SMILES string of the molecule is C=Cc1cccc[n+]1CCc1ccc2c(oc3ccccc32)c1-c1cc(C(C)(C)C)cc[n+]1C. The van der Waals surface area contributed by atoms with Gasteiger partial charge < -0.3 is 4.42 Å². The van der Waals surface area contributed by atoms with Crippen molar-refractivity contribution in [3.8, 4) is 11.3 Å². The molecular formula is C31H32N2O+2.